The van der Waals surface area contributed by atoms with Gasteiger partial charge in [-0.3, -0.25) is 0 Å². The second-order valence-electron chi connectivity index (χ2n) is 2.43. The first-order valence-electron chi connectivity index (χ1n) is 3.29. The topological polar surface area (TPSA) is 38.7 Å². The molecular weight excluding hydrogens is 144 g/mol. The average Bonchev–Trinajstić information content (AvgIpc) is 1.95. The van der Waals surface area contributed by atoms with Crippen molar-refractivity contribution in [3.8, 4) is 5.75 Å². The predicted octanol–water partition coefficient (Wildman–Crippen LogP) is 2.09. The van der Waals surface area contributed by atoms with Gasteiger partial charge >= 0.3 is 0 Å². The molecule has 0 radical (unpaired) electrons. The van der Waals surface area contributed by atoms with Crippen molar-refractivity contribution in [1.82, 2.24) is 0 Å². The van der Waals surface area contributed by atoms with Crippen molar-refractivity contribution in [1.29, 1.82) is 0 Å². The van der Waals surface area contributed by atoms with E-state index in [1.54, 1.807) is 6.07 Å². The van der Waals surface area contributed by atoms with Gasteiger partial charge < -0.3 is 4.89 Å². The summed E-state index contributed by atoms with van der Waals surface area (Å²) < 4.78 is 0. The Morgan fingerprint density at radius 1 is 1.27 bits per heavy atom. The smallest absolute Gasteiger partial charge is 0.171 e. The van der Waals surface area contributed by atoms with Gasteiger partial charge in [0.2, 0.25) is 0 Å². The monoisotopic (exact) mass is 154 g/mol. The molecule has 0 unspecified atom stereocenters. The highest BCUT2D eigenvalue weighted by molar-refractivity contribution is 5.35. The van der Waals surface area contributed by atoms with Gasteiger partial charge in [-0.2, -0.15) is 0 Å². The van der Waals surface area contributed by atoms with Gasteiger partial charge in [-0.1, -0.05) is 17.7 Å². The fourth-order valence-electron chi connectivity index (χ4n) is 0.933. The lowest BCUT2D eigenvalue weighted by Crippen LogP contribution is -1.93. The minimum atomic E-state index is 0.526. The van der Waals surface area contributed by atoms with Gasteiger partial charge in [-0.25, -0.2) is 5.26 Å². The van der Waals surface area contributed by atoms with Crippen molar-refractivity contribution in [2.45, 2.75) is 13.8 Å². The molecule has 0 atom stereocenters. The second kappa shape index (κ2) is 3.37. The minimum Gasteiger partial charge on any atom is -0.308 e. The van der Waals surface area contributed by atoms with E-state index in [1.165, 1.54) is 0 Å². The van der Waals surface area contributed by atoms with Gasteiger partial charge in [0.05, 0.1) is 0 Å². The zero-order valence-electron chi connectivity index (χ0n) is 6.50. The Kier molecular flexibility index (Phi) is 2.46. The van der Waals surface area contributed by atoms with Gasteiger partial charge in [0, 0.05) is 0 Å². The molecule has 0 bridgehead atoms. The van der Waals surface area contributed by atoms with Crippen molar-refractivity contribution in [3.63, 3.8) is 0 Å². The van der Waals surface area contributed by atoms with E-state index in [-0.39, 0.29) is 0 Å². The Morgan fingerprint density at radius 3 is 2.55 bits per heavy atom. The van der Waals surface area contributed by atoms with Crippen LogP contribution in [0.3, 0.4) is 0 Å². The van der Waals surface area contributed by atoms with Crippen LogP contribution < -0.4 is 4.89 Å². The quantitative estimate of drug-likeness (QED) is 0.523. The largest absolute Gasteiger partial charge is 0.308 e. The fourth-order valence-corrected chi connectivity index (χ4v) is 0.933. The summed E-state index contributed by atoms with van der Waals surface area (Å²) in [5, 5.41) is 11.5. The highest BCUT2D eigenvalue weighted by Crippen LogP contribution is 2.18. The predicted molar refractivity (Wildman–Crippen MR) is 40.3 cm³/mol. The van der Waals surface area contributed by atoms with Crippen LogP contribution in [0.15, 0.2) is 18.2 Å². The van der Waals surface area contributed by atoms with Gasteiger partial charge in [0.1, 0.15) is 0 Å². The van der Waals surface area contributed by atoms with Crippen molar-refractivity contribution in [2.75, 3.05) is 0 Å². The summed E-state index contributed by atoms with van der Waals surface area (Å²) >= 11 is 0. The molecule has 0 spiro atoms. The SMILES string of the molecule is Cc1ccc(OOO)c(C)c1. The van der Waals surface area contributed by atoms with Crippen LogP contribution in [0, 0.1) is 13.8 Å². The molecule has 1 rings (SSSR count). The number of hydrogen-bond acceptors (Lipinski definition) is 3. The number of rotatable bonds is 2. The molecular formula is C8H10O3. The molecule has 60 valence electrons. The first kappa shape index (κ1) is 8.04. The molecule has 0 saturated carbocycles. The number of aryl methyl sites for hydroxylation is 2. The number of benzene rings is 1. The highest BCUT2D eigenvalue weighted by atomic mass is 17.5. The summed E-state index contributed by atoms with van der Waals surface area (Å²) in [6.45, 7) is 3.86. The average molecular weight is 154 g/mol. The Bertz CT molecular complexity index is 245. The van der Waals surface area contributed by atoms with Gasteiger partial charge in [0.25, 0.3) is 0 Å². The normalized spacial score (nSPS) is 9.73. The van der Waals surface area contributed by atoms with Crippen molar-refractivity contribution in [2.24, 2.45) is 0 Å². The van der Waals surface area contributed by atoms with Gasteiger partial charge in [-0.05, 0) is 30.5 Å². The summed E-state index contributed by atoms with van der Waals surface area (Å²) in [6.07, 6.45) is 0. The Hall–Kier alpha value is -1.06. The number of hydrogen-bond donors (Lipinski definition) is 1. The highest BCUT2D eigenvalue weighted by Gasteiger charge is 1.98. The van der Waals surface area contributed by atoms with E-state index < -0.39 is 0 Å². The lowest BCUT2D eigenvalue weighted by Gasteiger charge is -2.02. The second-order valence-corrected chi connectivity index (χ2v) is 2.43. The molecule has 1 N–H and O–H groups in total. The van der Waals surface area contributed by atoms with Crippen LogP contribution >= 0.6 is 0 Å². The van der Waals surface area contributed by atoms with Crippen LogP contribution in [-0.4, -0.2) is 5.26 Å². The van der Waals surface area contributed by atoms with Crippen LogP contribution in [0.1, 0.15) is 11.1 Å². The summed E-state index contributed by atoms with van der Waals surface area (Å²) in [7, 11) is 0. The molecule has 3 heteroatoms. The zero-order chi connectivity index (χ0) is 8.27. The van der Waals surface area contributed by atoms with Gasteiger partial charge in [0.15, 0.2) is 5.75 Å². The van der Waals surface area contributed by atoms with Crippen LogP contribution in [0.4, 0.5) is 0 Å². The van der Waals surface area contributed by atoms with Crippen LogP contribution in [0.2, 0.25) is 0 Å². The van der Waals surface area contributed by atoms with Crippen LogP contribution in [-0.2, 0) is 5.04 Å². The molecule has 0 aromatic heterocycles. The lowest BCUT2D eigenvalue weighted by molar-refractivity contribution is -0.439. The standard InChI is InChI=1S/C8H10O3/c1-6-3-4-8(10-11-9)7(2)5-6/h3-5,9H,1-2H3. The first-order chi connectivity index (χ1) is 5.24. The van der Waals surface area contributed by atoms with E-state index >= 15 is 0 Å². The maximum Gasteiger partial charge on any atom is 0.171 e. The Balaban J connectivity index is 2.90. The third kappa shape index (κ3) is 1.93. The van der Waals surface area contributed by atoms with Crippen LogP contribution in [0.5, 0.6) is 5.75 Å². The first-order valence-corrected chi connectivity index (χ1v) is 3.29. The molecule has 0 saturated heterocycles. The summed E-state index contributed by atoms with van der Waals surface area (Å²) in [5.41, 5.74) is 2.08. The molecule has 11 heavy (non-hydrogen) atoms. The molecule has 0 aliphatic rings. The maximum absolute atomic E-state index is 7.99. The fraction of sp³-hybridized carbons (Fsp3) is 0.250. The molecule has 0 heterocycles. The molecule has 0 amide bonds. The Morgan fingerprint density at radius 2 is 2.00 bits per heavy atom. The molecule has 3 nitrogen and oxygen atoms in total. The van der Waals surface area contributed by atoms with E-state index in [4.69, 9.17) is 5.26 Å². The zero-order valence-corrected chi connectivity index (χ0v) is 6.50. The molecule has 1 aromatic rings. The minimum absolute atomic E-state index is 0.526. The van der Waals surface area contributed by atoms with Gasteiger partial charge in [-0.15, -0.1) is 0 Å². The van der Waals surface area contributed by atoms with E-state index in [1.807, 2.05) is 26.0 Å². The molecule has 0 aliphatic heterocycles. The van der Waals surface area contributed by atoms with E-state index in [0.29, 0.717) is 5.75 Å². The van der Waals surface area contributed by atoms with Crippen molar-refractivity contribution in [3.05, 3.63) is 29.3 Å². The van der Waals surface area contributed by atoms with E-state index in [2.05, 4.69) is 9.93 Å². The summed E-state index contributed by atoms with van der Waals surface area (Å²) in [4.78, 5) is 4.45. The third-order valence-electron chi connectivity index (χ3n) is 1.46. The molecule has 1 aromatic carbocycles. The van der Waals surface area contributed by atoms with Crippen molar-refractivity contribution < 1.29 is 15.2 Å². The maximum atomic E-state index is 7.99. The molecule has 0 fully saturated rings. The lowest BCUT2D eigenvalue weighted by atomic mass is 10.1. The Labute approximate surface area is 65.0 Å². The van der Waals surface area contributed by atoms with Crippen LogP contribution in [0.25, 0.3) is 0 Å². The van der Waals surface area contributed by atoms with E-state index in [0.717, 1.165) is 11.1 Å². The third-order valence-corrected chi connectivity index (χ3v) is 1.46. The van der Waals surface area contributed by atoms with E-state index in [9.17, 15) is 0 Å². The summed E-state index contributed by atoms with van der Waals surface area (Å²) in [5.74, 6) is 0.526. The van der Waals surface area contributed by atoms with Crippen molar-refractivity contribution >= 4 is 0 Å². The summed E-state index contributed by atoms with van der Waals surface area (Å²) in [6, 6.07) is 5.55. The molecule has 0 aliphatic carbocycles.